The van der Waals surface area contributed by atoms with Gasteiger partial charge in [-0.2, -0.15) is 0 Å². The number of hydrogen-bond donors (Lipinski definition) is 1. The highest BCUT2D eigenvalue weighted by atomic mass is 79.9. The van der Waals surface area contributed by atoms with Crippen LogP contribution in [-0.4, -0.2) is 17.8 Å². The highest BCUT2D eigenvalue weighted by Gasteiger charge is 2.37. The van der Waals surface area contributed by atoms with E-state index in [2.05, 4.69) is 21.2 Å². The lowest BCUT2D eigenvalue weighted by Gasteiger charge is -2.26. The fourth-order valence-electron chi connectivity index (χ4n) is 3.26. The molecule has 0 atom stereocenters. The third-order valence-electron chi connectivity index (χ3n) is 4.87. The molecular formula is C24H13BrCl3FN2O4. The molecule has 6 nitrogen and oxygen atoms in total. The van der Waals surface area contributed by atoms with Crippen LogP contribution in [0, 0.1) is 5.82 Å². The molecule has 0 spiro atoms. The lowest BCUT2D eigenvalue weighted by molar-refractivity contribution is -0.122. The van der Waals surface area contributed by atoms with Crippen molar-refractivity contribution in [2.24, 2.45) is 0 Å². The first-order chi connectivity index (χ1) is 16.6. The SMILES string of the molecule is O=C1NC(=O)N(c2cccc(F)c2)C(=O)/C1=C/c1cc(Cl)c(OCc2ccc(Cl)c(Cl)c2)c(Br)c1. The monoisotopic (exact) mass is 596 g/mol. The van der Waals surface area contributed by atoms with Gasteiger partial charge in [-0.05, 0) is 75.6 Å². The quantitative estimate of drug-likeness (QED) is 0.259. The van der Waals surface area contributed by atoms with Crippen molar-refractivity contribution in [3.8, 4) is 5.75 Å². The summed E-state index contributed by atoms with van der Waals surface area (Å²) in [6.07, 6.45) is 1.27. The number of amides is 4. The van der Waals surface area contributed by atoms with Crippen LogP contribution in [0.5, 0.6) is 5.75 Å². The van der Waals surface area contributed by atoms with Gasteiger partial charge in [-0.1, -0.05) is 46.9 Å². The van der Waals surface area contributed by atoms with Gasteiger partial charge in [0.05, 0.1) is 25.2 Å². The fourth-order valence-corrected chi connectivity index (χ4v) is 4.57. The number of benzene rings is 3. The van der Waals surface area contributed by atoms with Gasteiger partial charge < -0.3 is 4.74 Å². The van der Waals surface area contributed by atoms with Crippen LogP contribution in [0.3, 0.4) is 0 Å². The average Bonchev–Trinajstić information content (AvgIpc) is 2.78. The molecule has 11 heteroatoms. The Morgan fingerprint density at radius 2 is 1.74 bits per heavy atom. The molecule has 3 aromatic rings. The number of nitrogens with one attached hydrogen (secondary N) is 1. The molecule has 0 radical (unpaired) electrons. The zero-order valence-corrected chi connectivity index (χ0v) is 21.3. The number of carbonyl (C=O) groups is 3. The maximum atomic E-state index is 13.6. The van der Waals surface area contributed by atoms with E-state index < -0.39 is 23.7 Å². The molecule has 0 aliphatic carbocycles. The largest absolute Gasteiger partial charge is 0.486 e. The molecule has 1 fully saturated rings. The average molecular weight is 599 g/mol. The van der Waals surface area contributed by atoms with Crippen molar-refractivity contribution in [1.29, 1.82) is 0 Å². The van der Waals surface area contributed by atoms with Gasteiger partial charge in [0, 0.05) is 0 Å². The van der Waals surface area contributed by atoms with Crippen molar-refractivity contribution in [1.82, 2.24) is 5.32 Å². The lowest BCUT2D eigenvalue weighted by Crippen LogP contribution is -2.54. The molecule has 0 unspecified atom stereocenters. The second-order valence-electron chi connectivity index (χ2n) is 7.29. The standard InChI is InChI=1S/C24H13BrCl3FN2O4/c25-17-7-13(9-20(28)21(17)35-11-12-4-5-18(26)19(27)8-12)6-16-22(32)30-24(34)31(23(16)33)15-3-1-2-14(29)10-15/h1-10H,11H2,(H,30,32,34)/b16-6+. The predicted octanol–water partition coefficient (Wildman–Crippen LogP) is 6.79. The van der Waals surface area contributed by atoms with E-state index in [1.807, 2.05) is 0 Å². The summed E-state index contributed by atoms with van der Waals surface area (Å²) in [7, 11) is 0. The first kappa shape index (κ1) is 25.2. The van der Waals surface area contributed by atoms with Gasteiger partial charge in [-0.3, -0.25) is 14.9 Å². The van der Waals surface area contributed by atoms with Gasteiger partial charge in [0.25, 0.3) is 11.8 Å². The van der Waals surface area contributed by atoms with Gasteiger partial charge in [0.1, 0.15) is 18.0 Å². The Kier molecular flexibility index (Phi) is 7.47. The van der Waals surface area contributed by atoms with Crippen molar-refractivity contribution in [2.75, 3.05) is 4.90 Å². The van der Waals surface area contributed by atoms with Crippen LogP contribution in [0.25, 0.3) is 6.08 Å². The lowest BCUT2D eigenvalue weighted by atomic mass is 10.1. The van der Waals surface area contributed by atoms with Crippen molar-refractivity contribution in [3.05, 3.63) is 96.7 Å². The van der Waals surface area contributed by atoms with Crippen molar-refractivity contribution < 1.29 is 23.5 Å². The van der Waals surface area contributed by atoms with Crippen LogP contribution in [0.2, 0.25) is 15.1 Å². The van der Waals surface area contributed by atoms with E-state index in [4.69, 9.17) is 39.5 Å². The van der Waals surface area contributed by atoms with Crippen LogP contribution < -0.4 is 15.0 Å². The number of rotatable bonds is 5. The van der Waals surface area contributed by atoms with E-state index in [0.717, 1.165) is 11.6 Å². The van der Waals surface area contributed by atoms with Gasteiger partial charge in [0.2, 0.25) is 0 Å². The Bertz CT molecular complexity index is 1390. The van der Waals surface area contributed by atoms with Gasteiger partial charge in [0.15, 0.2) is 5.75 Å². The van der Waals surface area contributed by atoms with E-state index in [-0.39, 0.29) is 22.9 Å². The van der Waals surface area contributed by atoms with E-state index in [1.165, 1.54) is 30.3 Å². The third-order valence-corrected chi connectivity index (χ3v) is 6.48. The zero-order valence-electron chi connectivity index (χ0n) is 17.5. The summed E-state index contributed by atoms with van der Waals surface area (Å²) in [5, 5.41) is 3.10. The maximum absolute atomic E-state index is 13.6. The number of ether oxygens (including phenoxy) is 1. The molecule has 4 amide bonds. The highest BCUT2D eigenvalue weighted by Crippen LogP contribution is 2.36. The topological polar surface area (TPSA) is 75.7 Å². The summed E-state index contributed by atoms with van der Waals surface area (Å²) in [6.45, 7) is 0.154. The molecule has 1 N–H and O–H groups in total. The highest BCUT2D eigenvalue weighted by molar-refractivity contribution is 9.10. The van der Waals surface area contributed by atoms with Crippen LogP contribution in [-0.2, 0) is 16.2 Å². The minimum atomic E-state index is -0.979. The summed E-state index contributed by atoms with van der Waals surface area (Å²) in [4.78, 5) is 38.3. The first-order valence-corrected chi connectivity index (χ1v) is 11.8. The van der Waals surface area contributed by atoms with Crippen LogP contribution in [0.1, 0.15) is 11.1 Å². The maximum Gasteiger partial charge on any atom is 0.335 e. The molecular weight excluding hydrogens is 586 g/mol. The van der Waals surface area contributed by atoms with Crippen molar-refractivity contribution >= 4 is 80.3 Å². The molecule has 1 heterocycles. The summed E-state index contributed by atoms with van der Waals surface area (Å²) in [5.41, 5.74) is 0.799. The third kappa shape index (κ3) is 5.51. The number of imide groups is 2. The molecule has 4 rings (SSSR count). The molecule has 1 aliphatic heterocycles. The second-order valence-corrected chi connectivity index (χ2v) is 9.36. The minimum Gasteiger partial charge on any atom is -0.486 e. The Labute approximate surface area is 222 Å². The molecule has 3 aromatic carbocycles. The predicted molar refractivity (Wildman–Crippen MR) is 135 cm³/mol. The van der Waals surface area contributed by atoms with Crippen LogP contribution in [0.15, 0.2) is 64.6 Å². The molecule has 0 bridgehead atoms. The number of hydrogen-bond acceptors (Lipinski definition) is 4. The van der Waals surface area contributed by atoms with Gasteiger partial charge in [-0.15, -0.1) is 0 Å². The first-order valence-electron chi connectivity index (χ1n) is 9.87. The summed E-state index contributed by atoms with van der Waals surface area (Å²) in [5.74, 6) is -2.11. The Balaban J connectivity index is 1.60. The molecule has 178 valence electrons. The number of urea groups is 1. The fraction of sp³-hybridized carbons (Fsp3) is 0.0417. The summed E-state index contributed by atoms with van der Waals surface area (Å²) < 4.78 is 19.9. The smallest absolute Gasteiger partial charge is 0.335 e. The second kappa shape index (κ2) is 10.4. The molecule has 0 aromatic heterocycles. The van der Waals surface area contributed by atoms with Crippen LogP contribution >= 0.6 is 50.7 Å². The Hall–Kier alpha value is -2.91. The number of carbonyl (C=O) groups excluding carboxylic acids is 3. The Morgan fingerprint density at radius 1 is 0.971 bits per heavy atom. The molecule has 1 saturated heterocycles. The number of anilines is 1. The molecule has 1 aliphatic rings. The zero-order chi connectivity index (χ0) is 25.3. The number of barbiturate groups is 1. The van der Waals surface area contributed by atoms with Crippen molar-refractivity contribution in [3.63, 3.8) is 0 Å². The van der Waals surface area contributed by atoms with Crippen molar-refractivity contribution in [2.45, 2.75) is 6.61 Å². The number of nitrogens with zero attached hydrogens (tertiary/aromatic N) is 1. The normalized spacial score (nSPS) is 14.9. The van der Waals surface area contributed by atoms with E-state index in [0.29, 0.717) is 30.7 Å². The van der Waals surface area contributed by atoms with Crippen LogP contribution in [0.4, 0.5) is 14.9 Å². The van der Waals surface area contributed by atoms with Gasteiger partial charge >= 0.3 is 6.03 Å². The molecule has 35 heavy (non-hydrogen) atoms. The van der Waals surface area contributed by atoms with E-state index in [9.17, 15) is 18.8 Å². The van der Waals surface area contributed by atoms with Gasteiger partial charge in [-0.25, -0.2) is 14.1 Å². The minimum absolute atomic E-state index is 0.0174. The van der Waals surface area contributed by atoms with E-state index in [1.54, 1.807) is 24.3 Å². The Morgan fingerprint density at radius 3 is 2.43 bits per heavy atom. The summed E-state index contributed by atoms with van der Waals surface area (Å²) in [6, 6.07) is 12.1. The van der Waals surface area contributed by atoms with E-state index >= 15 is 0 Å². The molecule has 0 saturated carbocycles. The number of halogens is 5. The summed E-state index contributed by atoms with van der Waals surface area (Å²) >= 11 is 21.7.